The summed E-state index contributed by atoms with van der Waals surface area (Å²) in [4.78, 5) is 37.2. The fourth-order valence-corrected chi connectivity index (χ4v) is 3.28. The maximum absolute atomic E-state index is 12.8. The highest BCUT2D eigenvalue weighted by Gasteiger charge is 2.49. The van der Waals surface area contributed by atoms with Crippen molar-refractivity contribution in [2.75, 3.05) is 5.32 Å². The lowest BCUT2D eigenvalue weighted by Gasteiger charge is -2.18. The molecule has 9 heteroatoms. The van der Waals surface area contributed by atoms with E-state index in [2.05, 4.69) is 10.6 Å². The molecule has 0 fully saturated rings. The lowest BCUT2D eigenvalue weighted by molar-refractivity contribution is -0.672. The Labute approximate surface area is 156 Å². The van der Waals surface area contributed by atoms with Gasteiger partial charge in [-0.2, -0.15) is 0 Å². The summed E-state index contributed by atoms with van der Waals surface area (Å²) in [6, 6.07) is 12.9. The maximum atomic E-state index is 12.8. The number of halogens is 1. The monoisotopic (exact) mass is 386 g/mol. The van der Waals surface area contributed by atoms with Crippen LogP contribution < -0.4 is 15.6 Å². The Kier molecular flexibility index (Phi) is 3.94. The quantitative estimate of drug-likeness (QED) is 0.462. The number of nitrogens with one attached hydrogen (secondary N) is 2. The number of hydrogen-bond donors (Lipinski definition) is 3. The van der Waals surface area contributed by atoms with Crippen molar-refractivity contribution in [2.45, 2.75) is 12.0 Å². The van der Waals surface area contributed by atoms with Crippen LogP contribution in [-0.4, -0.2) is 22.1 Å². The van der Waals surface area contributed by atoms with Gasteiger partial charge in [0.1, 0.15) is 0 Å². The SMILES string of the molecule is O=C(CC1(O)C(=O)Nc2ccccc21)c1c(=O)o[nH][n+]1-c1cccc(Cl)c1. The van der Waals surface area contributed by atoms with Crippen molar-refractivity contribution in [2.24, 2.45) is 0 Å². The summed E-state index contributed by atoms with van der Waals surface area (Å²) in [5.74, 6) is -1.49. The van der Waals surface area contributed by atoms with Crippen LogP contribution in [0, 0.1) is 0 Å². The highest BCUT2D eigenvalue weighted by molar-refractivity contribution is 6.30. The molecule has 0 spiro atoms. The number of hydrogen-bond acceptors (Lipinski definition) is 5. The second-order valence-corrected chi connectivity index (χ2v) is 6.54. The average Bonchev–Trinajstić information content (AvgIpc) is 3.14. The summed E-state index contributed by atoms with van der Waals surface area (Å²) in [5, 5.41) is 16.1. The fraction of sp³-hybridized carbons (Fsp3) is 0.111. The van der Waals surface area contributed by atoms with E-state index >= 15 is 0 Å². The second-order valence-electron chi connectivity index (χ2n) is 6.10. The van der Waals surface area contributed by atoms with E-state index in [1.165, 1.54) is 6.07 Å². The molecule has 4 rings (SSSR count). The minimum Gasteiger partial charge on any atom is -0.375 e. The van der Waals surface area contributed by atoms with E-state index in [0.717, 1.165) is 4.68 Å². The number of anilines is 1. The largest absolute Gasteiger partial charge is 0.438 e. The van der Waals surface area contributed by atoms with E-state index in [-0.39, 0.29) is 11.3 Å². The third-order valence-corrected chi connectivity index (χ3v) is 4.63. The van der Waals surface area contributed by atoms with Crippen molar-refractivity contribution in [3.63, 3.8) is 0 Å². The van der Waals surface area contributed by atoms with Gasteiger partial charge in [0.25, 0.3) is 5.91 Å². The predicted molar refractivity (Wildman–Crippen MR) is 93.8 cm³/mol. The van der Waals surface area contributed by atoms with Crippen LogP contribution in [0.5, 0.6) is 0 Å². The molecule has 2 aromatic carbocycles. The number of ketones is 1. The lowest BCUT2D eigenvalue weighted by atomic mass is 9.89. The number of aromatic nitrogens is 2. The molecule has 0 saturated heterocycles. The van der Waals surface area contributed by atoms with Crippen LogP contribution in [0.4, 0.5) is 5.69 Å². The number of benzene rings is 2. The molecule has 3 N–H and O–H groups in total. The van der Waals surface area contributed by atoms with Crippen LogP contribution in [0.25, 0.3) is 5.69 Å². The van der Waals surface area contributed by atoms with Gasteiger partial charge >= 0.3 is 11.3 Å². The molecule has 1 unspecified atom stereocenters. The lowest BCUT2D eigenvalue weighted by Crippen LogP contribution is -2.44. The zero-order valence-corrected chi connectivity index (χ0v) is 14.5. The average molecular weight is 387 g/mol. The van der Waals surface area contributed by atoms with Crippen molar-refractivity contribution in [1.82, 2.24) is 5.27 Å². The van der Waals surface area contributed by atoms with Crippen LogP contribution in [-0.2, 0) is 10.4 Å². The Hall–Kier alpha value is -3.23. The highest BCUT2D eigenvalue weighted by atomic mass is 35.5. The number of rotatable bonds is 4. The van der Waals surface area contributed by atoms with E-state index < -0.39 is 29.3 Å². The molecule has 1 aliphatic heterocycles. The number of aromatic amines is 1. The van der Waals surface area contributed by atoms with E-state index in [9.17, 15) is 19.5 Å². The first kappa shape index (κ1) is 17.2. The summed E-state index contributed by atoms with van der Waals surface area (Å²) in [5.41, 5.74) is -2.28. The number of nitrogens with zero attached hydrogens (tertiary/aromatic N) is 1. The zero-order chi connectivity index (χ0) is 19.2. The van der Waals surface area contributed by atoms with Gasteiger partial charge in [0.15, 0.2) is 5.60 Å². The molecule has 0 radical (unpaired) electrons. The zero-order valence-electron chi connectivity index (χ0n) is 13.7. The summed E-state index contributed by atoms with van der Waals surface area (Å²) < 4.78 is 5.86. The smallest absolute Gasteiger partial charge is 0.375 e. The summed E-state index contributed by atoms with van der Waals surface area (Å²) >= 11 is 5.95. The van der Waals surface area contributed by atoms with Gasteiger partial charge in [0, 0.05) is 28.4 Å². The summed E-state index contributed by atoms with van der Waals surface area (Å²) in [6.07, 6.45) is -0.626. The molecule has 1 aromatic heterocycles. The third-order valence-electron chi connectivity index (χ3n) is 4.39. The molecule has 2 heterocycles. The van der Waals surface area contributed by atoms with Gasteiger partial charge in [-0.25, -0.2) is 4.79 Å². The van der Waals surface area contributed by atoms with Crippen LogP contribution in [0.2, 0.25) is 5.02 Å². The number of carbonyl (C=O) groups is 2. The number of H-pyrrole nitrogens is 1. The van der Waals surface area contributed by atoms with E-state index in [1.807, 2.05) is 0 Å². The van der Waals surface area contributed by atoms with Gasteiger partial charge in [0.2, 0.25) is 11.5 Å². The first-order valence-electron chi connectivity index (χ1n) is 7.96. The second kappa shape index (κ2) is 6.19. The number of carbonyl (C=O) groups excluding carboxylic acids is 2. The maximum Gasteiger partial charge on any atom is 0.438 e. The van der Waals surface area contributed by atoms with Gasteiger partial charge in [-0.3, -0.25) is 14.1 Å². The fourth-order valence-electron chi connectivity index (χ4n) is 3.10. The molecular formula is C18H13ClN3O5+. The topological polar surface area (TPSA) is 116 Å². The Balaban J connectivity index is 1.74. The summed E-state index contributed by atoms with van der Waals surface area (Å²) in [7, 11) is 0. The molecule has 1 aliphatic rings. The molecule has 3 aromatic rings. The van der Waals surface area contributed by atoms with Crippen LogP contribution in [0.1, 0.15) is 22.5 Å². The van der Waals surface area contributed by atoms with E-state index in [1.54, 1.807) is 42.5 Å². The van der Waals surface area contributed by atoms with Crippen molar-refractivity contribution < 1.29 is 23.9 Å². The predicted octanol–water partition coefficient (Wildman–Crippen LogP) is 1.31. The molecule has 27 heavy (non-hydrogen) atoms. The Bertz CT molecular complexity index is 1140. The summed E-state index contributed by atoms with van der Waals surface area (Å²) in [6.45, 7) is 0. The Morgan fingerprint density at radius 2 is 1.96 bits per heavy atom. The van der Waals surface area contributed by atoms with Crippen LogP contribution in [0.3, 0.4) is 0 Å². The van der Waals surface area contributed by atoms with Gasteiger partial charge in [-0.1, -0.05) is 35.9 Å². The normalized spacial score (nSPS) is 18.2. The van der Waals surface area contributed by atoms with Gasteiger partial charge in [-0.05, 0) is 22.1 Å². The Morgan fingerprint density at radius 1 is 1.19 bits per heavy atom. The number of para-hydroxylation sites is 1. The number of aliphatic hydroxyl groups is 1. The van der Waals surface area contributed by atoms with Gasteiger partial charge in [0.05, 0.1) is 6.42 Å². The van der Waals surface area contributed by atoms with Gasteiger partial charge in [-0.15, -0.1) is 0 Å². The number of Topliss-reactive ketones (excluding diaryl/α,β-unsaturated/α-hetero) is 1. The van der Waals surface area contributed by atoms with E-state index in [0.29, 0.717) is 16.4 Å². The molecule has 0 bridgehead atoms. The van der Waals surface area contributed by atoms with Crippen LogP contribution in [0.15, 0.2) is 57.8 Å². The minimum absolute atomic E-state index is 0.276. The molecule has 136 valence electrons. The first-order valence-corrected chi connectivity index (χ1v) is 8.34. The third kappa shape index (κ3) is 2.75. The molecule has 8 nitrogen and oxygen atoms in total. The van der Waals surface area contributed by atoms with Crippen molar-refractivity contribution in [3.05, 3.63) is 75.2 Å². The van der Waals surface area contributed by atoms with Crippen molar-refractivity contribution in [1.29, 1.82) is 0 Å². The first-order chi connectivity index (χ1) is 12.9. The van der Waals surface area contributed by atoms with Crippen molar-refractivity contribution >= 4 is 29.0 Å². The molecule has 1 atom stereocenters. The van der Waals surface area contributed by atoms with Crippen molar-refractivity contribution in [3.8, 4) is 5.69 Å². The molecular weight excluding hydrogens is 374 g/mol. The Morgan fingerprint density at radius 3 is 2.74 bits per heavy atom. The minimum atomic E-state index is -2.08. The number of amides is 1. The molecule has 0 saturated carbocycles. The molecule has 0 aliphatic carbocycles. The standard InChI is InChI=1S/C18H12ClN3O5/c19-10-4-3-5-11(8-10)22-15(16(24)27-21-22)14(23)9-18(26)12-6-1-2-7-13(12)20-17(18)25/h1-8,26H,9H2,(H-,20,21,23,24,25)/p+1. The molecule has 1 amide bonds. The van der Waals surface area contributed by atoms with Gasteiger partial charge < -0.3 is 10.4 Å². The van der Waals surface area contributed by atoms with Crippen LogP contribution >= 0.6 is 11.6 Å². The number of fused-ring (bicyclic) bond motifs is 1. The highest BCUT2D eigenvalue weighted by Crippen LogP contribution is 2.38. The van der Waals surface area contributed by atoms with E-state index in [4.69, 9.17) is 16.1 Å².